The normalized spacial score (nSPS) is 13.5. The van der Waals surface area contributed by atoms with Gasteiger partial charge in [-0.1, -0.05) is 30.9 Å². The van der Waals surface area contributed by atoms with Gasteiger partial charge in [0.25, 0.3) is 0 Å². The topological polar surface area (TPSA) is 82.0 Å². The van der Waals surface area contributed by atoms with Crippen LogP contribution in [0.1, 0.15) is 35.4 Å². The molecule has 1 aliphatic rings. The molecule has 3 aromatic rings. The highest BCUT2D eigenvalue weighted by Crippen LogP contribution is 2.42. The zero-order chi connectivity index (χ0) is 19.0. The third-order valence-corrected chi connectivity index (χ3v) is 4.67. The zero-order valence-electron chi connectivity index (χ0n) is 14.8. The van der Waals surface area contributed by atoms with Crippen LogP contribution in [0.25, 0.3) is 17.6 Å². The summed E-state index contributed by atoms with van der Waals surface area (Å²) in [5, 5.41) is 4.55. The van der Waals surface area contributed by atoms with Crippen molar-refractivity contribution < 1.29 is 4.39 Å². The first kappa shape index (κ1) is 17.1. The quantitative estimate of drug-likeness (QED) is 0.673. The van der Waals surface area contributed by atoms with Gasteiger partial charge < -0.3 is 5.73 Å². The van der Waals surface area contributed by atoms with Crippen LogP contribution < -0.4 is 5.73 Å². The Labute approximate surface area is 156 Å². The monoisotopic (exact) mass is 362 g/mol. The van der Waals surface area contributed by atoms with Crippen molar-refractivity contribution in [2.24, 2.45) is 4.99 Å². The number of benzene rings is 1. The third kappa shape index (κ3) is 3.12. The van der Waals surface area contributed by atoms with Gasteiger partial charge in [-0.05, 0) is 31.5 Å². The van der Waals surface area contributed by atoms with Crippen LogP contribution in [0.4, 0.5) is 16.0 Å². The summed E-state index contributed by atoms with van der Waals surface area (Å²) in [4.78, 5) is 12.9. The Hall–Kier alpha value is -3.35. The molecular formula is C20H19FN6. The molecule has 1 fully saturated rings. The average Bonchev–Trinajstić information content (AvgIpc) is 3.44. The van der Waals surface area contributed by atoms with Gasteiger partial charge >= 0.3 is 0 Å². The van der Waals surface area contributed by atoms with E-state index in [1.807, 2.05) is 0 Å². The molecule has 1 aromatic carbocycles. The van der Waals surface area contributed by atoms with Crippen LogP contribution in [0.2, 0.25) is 0 Å². The van der Waals surface area contributed by atoms with Gasteiger partial charge in [-0.2, -0.15) is 5.10 Å². The minimum absolute atomic E-state index is 0.206. The number of nitrogens with two attached hydrogens (primary N) is 1. The fraction of sp³-hybridized carbons (Fsp3) is 0.200. The van der Waals surface area contributed by atoms with Crippen molar-refractivity contribution in [2.45, 2.75) is 25.3 Å². The van der Waals surface area contributed by atoms with Gasteiger partial charge in [-0.25, -0.2) is 24.0 Å². The van der Waals surface area contributed by atoms with Crippen molar-refractivity contribution in [2.75, 3.05) is 5.73 Å². The van der Waals surface area contributed by atoms with E-state index in [-0.39, 0.29) is 12.4 Å². The highest BCUT2D eigenvalue weighted by Gasteiger charge is 2.27. The lowest BCUT2D eigenvalue weighted by Gasteiger charge is -2.05. The lowest BCUT2D eigenvalue weighted by Crippen LogP contribution is -2.04. The summed E-state index contributed by atoms with van der Waals surface area (Å²) in [5.74, 6) is 1.50. The molecule has 0 unspecified atom stereocenters. The molecule has 0 spiro atoms. The summed E-state index contributed by atoms with van der Waals surface area (Å²) in [7, 11) is 0. The van der Waals surface area contributed by atoms with Crippen LogP contribution in [-0.2, 0) is 6.54 Å². The molecule has 0 atom stereocenters. The van der Waals surface area contributed by atoms with Gasteiger partial charge in [0.1, 0.15) is 17.3 Å². The van der Waals surface area contributed by atoms with E-state index in [2.05, 4.69) is 33.4 Å². The lowest BCUT2D eigenvalue weighted by atomic mass is 10.2. The molecule has 2 N–H and O–H groups in total. The predicted octanol–water partition coefficient (Wildman–Crippen LogP) is 3.96. The molecule has 1 aliphatic carbocycles. The second-order valence-electron chi connectivity index (χ2n) is 6.51. The van der Waals surface area contributed by atoms with Crippen molar-refractivity contribution in [1.82, 2.24) is 19.7 Å². The predicted molar refractivity (Wildman–Crippen MR) is 104 cm³/mol. The van der Waals surface area contributed by atoms with Gasteiger partial charge in [0.15, 0.2) is 11.6 Å². The largest absolute Gasteiger partial charge is 0.383 e. The zero-order valence-corrected chi connectivity index (χ0v) is 14.8. The summed E-state index contributed by atoms with van der Waals surface area (Å²) in [6, 6.07) is 6.54. The number of nitrogen functional groups attached to an aromatic ring is 1. The summed E-state index contributed by atoms with van der Waals surface area (Å²) in [6.45, 7) is 7.66. The van der Waals surface area contributed by atoms with Gasteiger partial charge in [-0.3, -0.25) is 0 Å². The molecule has 6 nitrogen and oxygen atoms in total. The van der Waals surface area contributed by atoms with Crippen molar-refractivity contribution >= 4 is 24.4 Å². The van der Waals surface area contributed by atoms with Gasteiger partial charge in [0.2, 0.25) is 0 Å². The maximum atomic E-state index is 14.1. The summed E-state index contributed by atoms with van der Waals surface area (Å²) >= 11 is 0. The Morgan fingerprint density at radius 2 is 2.11 bits per heavy atom. The highest BCUT2D eigenvalue weighted by molar-refractivity contribution is 5.76. The molecule has 27 heavy (non-hydrogen) atoms. The second-order valence-corrected chi connectivity index (χ2v) is 6.51. The Morgan fingerprint density at radius 3 is 2.74 bits per heavy atom. The van der Waals surface area contributed by atoms with Crippen molar-refractivity contribution in [3.05, 3.63) is 59.5 Å². The molecular weight excluding hydrogens is 343 g/mol. The first-order valence-electron chi connectivity index (χ1n) is 8.68. The fourth-order valence-electron chi connectivity index (χ4n) is 3.11. The van der Waals surface area contributed by atoms with Crippen LogP contribution in [0.3, 0.4) is 0 Å². The van der Waals surface area contributed by atoms with E-state index in [1.54, 1.807) is 35.2 Å². The second kappa shape index (κ2) is 6.75. The molecule has 2 heterocycles. The van der Waals surface area contributed by atoms with Crippen molar-refractivity contribution in [1.29, 1.82) is 0 Å². The molecule has 7 heteroatoms. The average molecular weight is 362 g/mol. The molecule has 0 bridgehead atoms. The highest BCUT2D eigenvalue weighted by atomic mass is 19.1. The van der Waals surface area contributed by atoms with E-state index >= 15 is 0 Å². The van der Waals surface area contributed by atoms with Crippen molar-refractivity contribution in [3.63, 3.8) is 0 Å². The molecule has 0 saturated heterocycles. The third-order valence-electron chi connectivity index (χ3n) is 4.67. The number of halogens is 1. The van der Waals surface area contributed by atoms with E-state index in [1.165, 1.54) is 6.07 Å². The van der Waals surface area contributed by atoms with Gasteiger partial charge in [0.05, 0.1) is 6.54 Å². The summed E-state index contributed by atoms with van der Waals surface area (Å²) < 4.78 is 15.6. The standard InChI is InChI=1S/C20H19FN6/c1-3-14-17(19-24-10-15(12-8-9-12)18(22)25-19)26-27(20(14)23-2)11-13-6-4-5-7-16(13)21/h3-7,10,12H,1-2,8-9,11H2,(H2,22,24,25). The molecule has 0 radical (unpaired) electrons. The van der Waals surface area contributed by atoms with E-state index in [4.69, 9.17) is 5.73 Å². The SMILES string of the molecule is C=Cc1c(-c2ncc(C3CC3)c(N)n2)nn(Cc2ccccc2F)c1N=C. The van der Waals surface area contributed by atoms with Crippen LogP contribution >= 0.6 is 0 Å². The number of hydrogen-bond acceptors (Lipinski definition) is 5. The number of anilines is 1. The fourth-order valence-corrected chi connectivity index (χ4v) is 3.11. The Bertz CT molecular complexity index is 1030. The number of nitrogens with zero attached hydrogens (tertiary/aromatic N) is 5. The molecule has 136 valence electrons. The lowest BCUT2D eigenvalue weighted by molar-refractivity contribution is 0.587. The first-order valence-corrected chi connectivity index (χ1v) is 8.68. The Balaban J connectivity index is 1.78. The molecule has 0 amide bonds. The van der Waals surface area contributed by atoms with Crippen LogP contribution in [0, 0.1) is 5.82 Å². The molecule has 4 rings (SSSR count). The Kier molecular flexibility index (Phi) is 4.27. The maximum absolute atomic E-state index is 14.1. The van der Waals surface area contributed by atoms with E-state index in [0.29, 0.717) is 40.2 Å². The summed E-state index contributed by atoms with van der Waals surface area (Å²) in [5.41, 5.74) is 8.73. The van der Waals surface area contributed by atoms with Gasteiger partial charge in [-0.15, -0.1) is 0 Å². The summed E-state index contributed by atoms with van der Waals surface area (Å²) in [6.07, 6.45) is 5.62. The van der Waals surface area contributed by atoms with Gasteiger partial charge in [0, 0.05) is 22.9 Å². The number of aromatic nitrogens is 4. The van der Waals surface area contributed by atoms with Crippen LogP contribution in [-0.4, -0.2) is 26.5 Å². The van der Waals surface area contributed by atoms with E-state index in [0.717, 1.165) is 18.4 Å². The number of aliphatic imine (C=N–C) groups is 1. The van der Waals surface area contributed by atoms with Crippen molar-refractivity contribution in [3.8, 4) is 11.5 Å². The van der Waals surface area contributed by atoms with Crippen LogP contribution in [0.15, 0.2) is 42.0 Å². The Morgan fingerprint density at radius 1 is 1.33 bits per heavy atom. The number of hydrogen-bond donors (Lipinski definition) is 1. The maximum Gasteiger partial charge on any atom is 0.182 e. The van der Waals surface area contributed by atoms with Crippen LogP contribution in [0.5, 0.6) is 0 Å². The van der Waals surface area contributed by atoms with E-state index in [9.17, 15) is 4.39 Å². The smallest absolute Gasteiger partial charge is 0.182 e. The first-order chi connectivity index (χ1) is 13.1. The molecule has 1 saturated carbocycles. The minimum Gasteiger partial charge on any atom is -0.383 e. The number of rotatable bonds is 6. The molecule has 0 aliphatic heterocycles. The molecule has 2 aromatic heterocycles. The van der Waals surface area contributed by atoms with E-state index < -0.39 is 0 Å². The minimum atomic E-state index is -0.306.